The number of para-hydroxylation sites is 2. The lowest BCUT2D eigenvalue weighted by molar-refractivity contribution is -0.121. The van der Waals surface area contributed by atoms with Crippen molar-refractivity contribution in [1.29, 1.82) is 0 Å². The summed E-state index contributed by atoms with van der Waals surface area (Å²) in [5.74, 6) is 0.178. The maximum atomic E-state index is 12.4. The number of nitrogens with zero attached hydrogens (tertiary/aromatic N) is 2. The number of imidazole rings is 1. The number of hydrogen-bond acceptors (Lipinski definition) is 3. The quantitative estimate of drug-likeness (QED) is 0.615. The van der Waals surface area contributed by atoms with Crippen molar-refractivity contribution in [2.75, 3.05) is 26.2 Å². The van der Waals surface area contributed by atoms with Gasteiger partial charge in [-0.3, -0.25) is 9.36 Å². The number of carbonyl (C=O) groups excluding carboxylic acids is 1. The fraction of sp³-hybridized carbons (Fsp3) is 0.636. The SMILES string of the molecule is CCCCCCCC(=O)NCCN1CCC(n2c(=O)[nH]c3ccccc32)CC1. The number of aromatic amines is 1. The average Bonchev–Trinajstić information content (AvgIpc) is 3.04. The van der Waals surface area contributed by atoms with E-state index in [4.69, 9.17) is 0 Å². The number of hydrogen-bond donors (Lipinski definition) is 2. The Morgan fingerprint density at radius 3 is 2.68 bits per heavy atom. The first-order valence-corrected chi connectivity index (χ1v) is 10.9. The number of rotatable bonds is 10. The van der Waals surface area contributed by atoms with Gasteiger partial charge in [0.2, 0.25) is 5.91 Å². The molecule has 0 atom stereocenters. The van der Waals surface area contributed by atoms with Gasteiger partial charge in [0.25, 0.3) is 0 Å². The molecule has 0 radical (unpaired) electrons. The molecule has 6 heteroatoms. The number of piperidine rings is 1. The molecule has 0 bridgehead atoms. The summed E-state index contributed by atoms with van der Waals surface area (Å²) in [5, 5.41) is 3.05. The monoisotopic (exact) mass is 386 g/mol. The van der Waals surface area contributed by atoms with Crippen LogP contribution >= 0.6 is 0 Å². The van der Waals surface area contributed by atoms with Gasteiger partial charge in [0.15, 0.2) is 0 Å². The first-order valence-electron chi connectivity index (χ1n) is 10.9. The Hall–Kier alpha value is -2.08. The molecule has 3 rings (SSSR count). The molecule has 28 heavy (non-hydrogen) atoms. The van der Waals surface area contributed by atoms with Crippen molar-refractivity contribution in [3.05, 3.63) is 34.7 Å². The lowest BCUT2D eigenvalue weighted by atomic mass is 10.0. The van der Waals surface area contributed by atoms with Crippen molar-refractivity contribution < 1.29 is 4.79 Å². The molecular formula is C22H34N4O2. The van der Waals surface area contributed by atoms with Crippen LogP contribution in [0.2, 0.25) is 0 Å². The zero-order chi connectivity index (χ0) is 19.8. The summed E-state index contributed by atoms with van der Waals surface area (Å²) in [7, 11) is 0. The van der Waals surface area contributed by atoms with E-state index in [0.717, 1.165) is 56.4 Å². The number of fused-ring (bicyclic) bond motifs is 1. The van der Waals surface area contributed by atoms with Crippen LogP contribution in [-0.2, 0) is 4.79 Å². The highest BCUT2D eigenvalue weighted by molar-refractivity contribution is 5.76. The highest BCUT2D eigenvalue weighted by Crippen LogP contribution is 2.24. The van der Waals surface area contributed by atoms with Gasteiger partial charge in [0.05, 0.1) is 11.0 Å². The van der Waals surface area contributed by atoms with Gasteiger partial charge in [-0.2, -0.15) is 0 Å². The van der Waals surface area contributed by atoms with E-state index in [0.29, 0.717) is 13.0 Å². The number of carbonyl (C=O) groups is 1. The van der Waals surface area contributed by atoms with Gasteiger partial charge < -0.3 is 15.2 Å². The second-order valence-corrected chi connectivity index (χ2v) is 7.90. The van der Waals surface area contributed by atoms with Crippen LogP contribution in [0.1, 0.15) is 64.3 Å². The van der Waals surface area contributed by atoms with E-state index in [1.165, 1.54) is 19.3 Å². The highest BCUT2D eigenvalue weighted by atomic mass is 16.2. The van der Waals surface area contributed by atoms with Gasteiger partial charge in [-0.1, -0.05) is 44.7 Å². The molecule has 0 unspecified atom stereocenters. The summed E-state index contributed by atoms with van der Waals surface area (Å²) >= 11 is 0. The van der Waals surface area contributed by atoms with Gasteiger partial charge >= 0.3 is 5.69 Å². The number of benzene rings is 1. The number of nitrogens with one attached hydrogen (secondary N) is 2. The third-order valence-corrected chi connectivity index (χ3v) is 5.80. The highest BCUT2D eigenvalue weighted by Gasteiger charge is 2.23. The number of aromatic nitrogens is 2. The number of H-pyrrole nitrogens is 1. The molecule has 0 aliphatic carbocycles. The molecule has 2 heterocycles. The smallest absolute Gasteiger partial charge is 0.326 e. The standard InChI is InChI=1S/C22H34N4O2/c1-2-3-4-5-6-11-21(27)23-14-17-25-15-12-18(13-16-25)26-20-10-8-7-9-19(20)24-22(26)28/h7-10,18H,2-6,11-17H2,1H3,(H,23,27)(H,24,28). The number of amides is 1. The van der Waals surface area contributed by atoms with Gasteiger partial charge in [0, 0.05) is 38.6 Å². The van der Waals surface area contributed by atoms with E-state index >= 15 is 0 Å². The molecule has 0 spiro atoms. The van der Waals surface area contributed by atoms with E-state index in [-0.39, 0.29) is 17.6 Å². The van der Waals surface area contributed by atoms with Crippen LogP contribution in [0.15, 0.2) is 29.1 Å². The summed E-state index contributed by atoms with van der Waals surface area (Å²) in [6.07, 6.45) is 8.46. The van der Waals surface area contributed by atoms with E-state index in [1.807, 2.05) is 28.8 Å². The molecule has 6 nitrogen and oxygen atoms in total. The summed E-state index contributed by atoms with van der Waals surface area (Å²) in [4.78, 5) is 29.6. The maximum absolute atomic E-state index is 12.4. The molecular weight excluding hydrogens is 352 g/mol. The van der Waals surface area contributed by atoms with Crippen LogP contribution < -0.4 is 11.0 Å². The fourth-order valence-corrected chi connectivity index (χ4v) is 4.17. The van der Waals surface area contributed by atoms with Crippen LogP contribution in [0, 0.1) is 0 Å². The van der Waals surface area contributed by atoms with Crippen molar-refractivity contribution in [3.8, 4) is 0 Å². The molecule has 1 aromatic heterocycles. The topological polar surface area (TPSA) is 70.1 Å². The van der Waals surface area contributed by atoms with E-state index in [1.54, 1.807) is 0 Å². The summed E-state index contributed by atoms with van der Waals surface area (Å²) in [6, 6.07) is 8.14. The van der Waals surface area contributed by atoms with Crippen LogP contribution in [0.3, 0.4) is 0 Å². The molecule has 1 aromatic carbocycles. The molecule has 1 saturated heterocycles. The molecule has 2 N–H and O–H groups in total. The van der Waals surface area contributed by atoms with Crippen molar-refractivity contribution >= 4 is 16.9 Å². The molecule has 1 fully saturated rings. The second-order valence-electron chi connectivity index (χ2n) is 7.90. The minimum atomic E-state index is -0.00847. The zero-order valence-electron chi connectivity index (χ0n) is 17.1. The van der Waals surface area contributed by atoms with Gasteiger partial charge in [0.1, 0.15) is 0 Å². The largest absolute Gasteiger partial charge is 0.355 e. The Bertz CT molecular complexity index is 802. The van der Waals surface area contributed by atoms with Crippen molar-refractivity contribution in [3.63, 3.8) is 0 Å². The molecule has 2 aromatic rings. The van der Waals surface area contributed by atoms with Crippen molar-refractivity contribution in [2.45, 2.75) is 64.3 Å². The Morgan fingerprint density at radius 2 is 1.89 bits per heavy atom. The van der Waals surface area contributed by atoms with Gasteiger partial charge in [-0.15, -0.1) is 0 Å². The Labute approximate surface area is 167 Å². The van der Waals surface area contributed by atoms with Gasteiger partial charge in [-0.05, 0) is 31.4 Å². The van der Waals surface area contributed by atoms with E-state index in [9.17, 15) is 9.59 Å². The summed E-state index contributed by atoms with van der Waals surface area (Å²) in [5.41, 5.74) is 1.90. The predicted octanol–water partition coefficient (Wildman–Crippen LogP) is 3.44. The zero-order valence-corrected chi connectivity index (χ0v) is 17.1. The Balaban J connectivity index is 1.37. The third kappa shape index (κ3) is 5.47. The number of unbranched alkanes of at least 4 members (excludes halogenated alkanes) is 4. The minimum absolute atomic E-state index is 0.00847. The second kappa shape index (κ2) is 10.5. The third-order valence-electron chi connectivity index (χ3n) is 5.80. The predicted molar refractivity (Wildman–Crippen MR) is 114 cm³/mol. The summed E-state index contributed by atoms with van der Waals surface area (Å²) in [6.45, 7) is 5.73. The van der Waals surface area contributed by atoms with Crippen LogP contribution in [0.5, 0.6) is 0 Å². The Kier molecular flexibility index (Phi) is 7.71. The van der Waals surface area contributed by atoms with Crippen LogP contribution in [0.25, 0.3) is 11.0 Å². The fourth-order valence-electron chi connectivity index (χ4n) is 4.17. The molecule has 1 amide bonds. The van der Waals surface area contributed by atoms with E-state index < -0.39 is 0 Å². The van der Waals surface area contributed by atoms with Gasteiger partial charge in [-0.25, -0.2) is 4.79 Å². The normalized spacial score (nSPS) is 15.9. The molecule has 154 valence electrons. The first kappa shape index (κ1) is 20.6. The van der Waals surface area contributed by atoms with Crippen LogP contribution in [0.4, 0.5) is 0 Å². The number of likely N-dealkylation sites (tertiary alicyclic amines) is 1. The lowest BCUT2D eigenvalue weighted by Gasteiger charge is -2.32. The molecule has 1 aliphatic heterocycles. The Morgan fingerprint density at radius 1 is 1.14 bits per heavy atom. The summed E-state index contributed by atoms with van der Waals surface area (Å²) < 4.78 is 1.92. The van der Waals surface area contributed by atoms with Crippen LogP contribution in [-0.4, -0.2) is 46.5 Å². The van der Waals surface area contributed by atoms with E-state index in [2.05, 4.69) is 22.1 Å². The minimum Gasteiger partial charge on any atom is -0.355 e. The van der Waals surface area contributed by atoms with Crippen molar-refractivity contribution in [2.24, 2.45) is 0 Å². The molecule has 0 saturated carbocycles. The lowest BCUT2D eigenvalue weighted by Crippen LogP contribution is -2.41. The molecule has 1 aliphatic rings. The first-order chi connectivity index (χ1) is 13.7. The average molecular weight is 387 g/mol. The van der Waals surface area contributed by atoms with Crippen molar-refractivity contribution in [1.82, 2.24) is 19.8 Å². The maximum Gasteiger partial charge on any atom is 0.326 e.